The van der Waals surface area contributed by atoms with Crippen LogP contribution in [-0.2, 0) is 16.2 Å². The van der Waals surface area contributed by atoms with Crippen molar-refractivity contribution < 1.29 is 19.1 Å². The van der Waals surface area contributed by atoms with Crippen LogP contribution < -0.4 is 15.0 Å². The highest BCUT2D eigenvalue weighted by Gasteiger charge is 2.37. The smallest absolute Gasteiger partial charge is 0.335 e. The molecule has 4 aromatic carbocycles. The van der Waals surface area contributed by atoms with Crippen LogP contribution in [0.1, 0.15) is 16.7 Å². The number of aryl methyl sites for hydroxylation is 1. The number of benzene rings is 4. The van der Waals surface area contributed by atoms with Crippen LogP contribution in [0.25, 0.3) is 16.8 Å². The van der Waals surface area contributed by atoms with Crippen LogP contribution >= 0.6 is 23.2 Å². The van der Waals surface area contributed by atoms with Gasteiger partial charge in [0.05, 0.1) is 5.69 Å². The fourth-order valence-electron chi connectivity index (χ4n) is 4.11. The minimum atomic E-state index is -0.856. The van der Waals surface area contributed by atoms with Crippen LogP contribution in [0.15, 0.2) is 84.4 Å². The van der Waals surface area contributed by atoms with Gasteiger partial charge in [-0.25, -0.2) is 9.69 Å². The van der Waals surface area contributed by atoms with Crippen molar-refractivity contribution >= 4 is 63.6 Å². The Balaban J connectivity index is 1.49. The van der Waals surface area contributed by atoms with E-state index in [1.807, 2.05) is 42.5 Å². The van der Waals surface area contributed by atoms with Crippen molar-refractivity contribution in [2.75, 3.05) is 4.90 Å². The first-order valence-electron chi connectivity index (χ1n) is 11.4. The topological polar surface area (TPSA) is 75.7 Å². The molecule has 0 unspecified atom stereocenters. The number of hydrogen-bond donors (Lipinski definition) is 1. The summed E-state index contributed by atoms with van der Waals surface area (Å²) in [5.74, 6) is -1.18. The summed E-state index contributed by atoms with van der Waals surface area (Å²) in [5, 5.41) is 5.15. The number of nitrogens with one attached hydrogen (secondary N) is 1. The van der Waals surface area contributed by atoms with E-state index in [0.717, 1.165) is 26.8 Å². The first-order valence-corrected chi connectivity index (χ1v) is 12.1. The van der Waals surface area contributed by atoms with E-state index in [4.69, 9.17) is 27.9 Å². The fraction of sp³-hybridized carbons (Fsp3) is 0.0690. The molecule has 0 saturated carbocycles. The number of imide groups is 2. The van der Waals surface area contributed by atoms with Gasteiger partial charge in [-0.3, -0.25) is 14.9 Å². The van der Waals surface area contributed by atoms with Crippen molar-refractivity contribution in [3.05, 3.63) is 111 Å². The zero-order valence-corrected chi connectivity index (χ0v) is 21.1. The highest BCUT2D eigenvalue weighted by Crippen LogP contribution is 2.30. The van der Waals surface area contributed by atoms with Crippen molar-refractivity contribution in [3.63, 3.8) is 0 Å². The summed E-state index contributed by atoms with van der Waals surface area (Å²) in [5.41, 5.74) is 2.19. The Hall–Kier alpha value is -4.13. The Morgan fingerprint density at radius 1 is 0.919 bits per heavy atom. The van der Waals surface area contributed by atoms with Gasteiger partial charge in [0.25, 0.3) is 11.8 Å². The van der Waals surface area contributed by atoms with Crippen molar-refractivity contribution in [2.45, 2.75) is 13.5 Å². The molecule has 0 aliphatic carbocycles. The quantitative estimate of drug-likeness (QED) is 0.230. The minimum Gasteiger partial charge on any atom is -0.488 e. The van der Waals surface area contributed by atoms with E-state index in [9.17, 15) is 14.4 Å². The van der Waals surface area contributed by atoms with Crippen LogP contribution in [0.3, 0.4) is 0 Å². The summed E-state index contributed by atoms with van der Waals surface area (Å²) in [6.07, 6.45) is 1.37. The monoisotopic (exact) mass is 530 g/mol. The molecule has 0 radical (unpaired) electrons. The van der Waals surface area contributed by atoms with Crippen LogP contribution in [0, 0.1) is 6.92 Å². The van der Waals surface area contributed by atoms with Crippen LogP contribution in [0.4, 0.5) is 10.5 Å². The van der Waals surface area contributed by atoms with E-state index < -0.39 is 17.8 Å². The number of carbonyl (C=O) groups is 3. The summed E-state index contributed by atoms with van der Waals surface area (Å²) in [6, 6.07) is 22.8. The van der Waals surface area contributed by atoms with E-state index in [-0.39, 0.29) is 17.9 Å². The van der Waals surface area contributed by atoms with Crippen molar-refractivity contribution in [1.82, 2.24) is 5.32 Å². The number of urea groups is 1. The third kappa shape index (κ3) is 4.94. The Kier molecular flexibility index (Phi) is 6.70. The number of rotatable bonds is 5. The lowest BCUT2D eigenvalue weighted by atomic mass is 10.0. The van der Waals surface area contributed by atoms with Gasteiger partial charge in [0.2, 0.25) is 0 Å². The Morgan fingerprint density at radius 2 is 1.70 bits per heavy atom. The predicted octanol–water partition coefficient (Wildman–Crippen LogP) is 6.70. The molecule has 0 atom stereocenters. The molecular weight excluding hydrogens is 511 g/mol. The molecule has 1 saturated heterocycles. The number of nitrogens with zero attached hydrogens (tertiary/aromatic N) is 1. The lowest BCUT2D eigenvalue weighted by Crippen LogP contribution is -2.54. The maximum Gasteiger partial charge on any atom is 0.335 e. The Bertz CT molecular complexity index is 1610. The van der Waals surface area contributed by atoms with E-state index in [1.165, 1.54) is 12.1 Å². The standard InChI is InChI=1S/C29H20Cl2N2O4/c1-17-9-11-22(15-25(17)31)33-28(35)24(27(34)32-29(33)36)14-20-13-21(30)10-12-26(20)37-16-19-7-4-6-18-5-2-3-8-23(18)19/h2-15H,16H2,1H3,(H,32,34,36)/b24-14+. The molecule has 0 aromatic heterocycles. The van der Waals surface area contributed by atoms with Gasteiger partial charge >= 0.3 is 6.03 Å². The number of amides is 4. The van der Waals surface area contributed by atoms with Crippen LogP contribution in [-0.4, -0.2) is 17.8 Å². The lowest BCUT2D eigenvalue weighted by molar-refractivity contribution is -0.122. The van der Waals surface area contributed by atoms with Gasteiger partial charge < -0.3 is 4.74 Å². The number of barbiturate groups is 1. The number of carbonyl (C=O) groups excluding carboxylic acids is 3. The number of hydrogen-bond acceptors (Lipinski definition) is 4. The normalized spacial score (nSPS) is 14.8. The first-order chi connectivity index (χ1) is 17.8. The minimum absolute atomic E-state index is 0.242. The average Bonchev–Trinajstić information content (AvgIpc) is 2.88. The van der Waals surface area contributed by atoms with Gasteiger partial charge in [-0.05, 0) is 65.2 Å². The van der Waals surface area contributed by atoms with Gasteiger partial charge in [-0.15, -0.1) is 0 Å². The molecule has 1 aliphatic heterocycles. The van der Waals surface area contributed by atoms with Crippen molar-refractivity contribution in [3.8, 4) is 5.75 Å². The molecule has 0 spiro atoms. The second kappa shape index (κ2) is 10.1. The largest absolute Gasteiger partial charge is 0.488 e. The fourth-order valence-corrected chi connectivity index (χ4v) is 4.46. The number of anilines is 1. The summed E-state index contributed by atoms with van der Waals surface area (Å²) >= 11 is 12.4. The zero-order chi connectivity index (χ0) is 26.1. The maximum atomic E-state index is 13.3. The molecule has 6 nitrogen and oxygen atoms in total. The van der Waals surface area contributed by atoms with E-state index in [0.29, 0.717) is 21.4 Å². The summed E-state index contributed by atoms with van der Waals surface area (Å²) < 4.78 is 6.12. The lowest BCUT2D eigenvalue weighted by Gasteiger charge is -2.26. The molecule has 1 N–H and O–H groups in total. The van der Waals surface area contributed by atoms with E-state index in [2.05, 4.69) is 5.32 Å². The maximum absolute atomic E-state index is 13.3. The zero-order valence-electron chi connectivity index (χ0n) is 19.6. The highest BCUT2D eigenvalue weighted by molar-refractivity contribution is 6.39. The van der Waals surface area contributed by atoms with Gasteiger partial charge in [-0.2, -0.15) is 0 Å². The summed E-state index contributed by atoms with van der Waals surface area (Å²) in [6.45, 7) is 2.06. The molecule has 37 heavy (non-hydrogen) atoms. The second-order valence-corrected chi connectivity index (χ2v) is 9.34. The number of ether oxygens (including phenoxy) is 1. The van der Waals surface area contributed by atoms with E-state index >= 15 is 0 Å². The van der Waals surface area contributed by atoms with Crippen molar-refractivity contribution in [1.29, 1.82) is 0 Å². The summed E-state index contributed by atoms with van der Waals surface area (Å²) in [4.78, 5) is 39.4. The SMILES string of the molecule is Cc1ccc(N2C(=O)NC(=O)/C(=C\c3cc(Cl)ccc3OCc3cccc4ccccc34)C2=O)cc1Cl. The summed E-state index contributed by atoms with van der Waals surface area (Å²) in [7, 11) is 0. The number of fused-ring (bicyclic) bond motifs is 1. The molecule has 4 aromatic rings. The molecular formula is C29H20Cl2N2O4. The molecule has 5 rings (SSSR count). The van der Waals surface area contributed by atoms with Crippen molar-refractivity contribution in [2.24, 2.45) is 0 Å². The van der Waals surface area contributed by atoms with Crippen LogP contribution in [0.5, 0.6) is 5.75 Å². The average molecular weight is 531 g/mol. The third-order valence-electron chi connectivity index (χ3n) is 6.05. The Labute approximate surface area is 223 Å². The molecule has 1 heterocycles. The van der Waals surface area contributed by atoms with Gasteiger partial charge in [-0.1, -0.05) is 71.7 Å². The predicted molar refractivity (Wildman–Crippen MR) is 145 cm³/mol. The molecule has 184 valence electrons. The molecule has 1 aliphatic rings. The van der Waals surface area contributed by atoms with E-state index in [1.54, 1.807) is 37.3 Å². The van der Waals surface area contributed by atoms with Gasteiger partial charge in [0, 0.05) is 15.6 Å². The molecule has 0 bridgehead atoms. The Morgan fingerprint density at radius 3 is 2.51 bits per heavy atom. The van der Waals surface area contributed by atoms with Gasteiger partial charge in [0.1, 0.15) is 17.9 Å². The number of halogens is 2. The van der Waals surface area contributed by atoms with Gasteiger partial charge in [0.15, 0.2) is 0 Å². The first kappa shape index (κ1) is 24.6. The molecule has 1 fully saturated rings. The highest BCUT2D eigenvalue weighted by atomic mass is 35.5. The third-order valence-corrected chi connectivity index (χ3v) is 6.69. The molecule has 8 heteroatoms. The molecule has 4 amide bonds. The van der Waals surface area contributed by atoms with Crippen LogP contribution in [0.2, 0.25) is 10.0 Å². The second-order valence-electron chi connectivity index (χ2n) is 8.50.